The molecule has 6 heteroatoms. The predicted molar refractivity (Wildman–Crippen MR) is 85.4 cm³/mol. The molecule has 0 fully saturated rings. The van der Waals surface area contributed by atoms with Gasteiger partial charge in [-0.1, -0.05) is 24.3 Å². The molecule has 0 radical (unpaired) electrons. The van der Waals surface area contributed by atoms with Crippen LogP contribution in [0.5, 0.6) is 0 Å². The number of nitrogens with one attached hydrogen (secondary N) is 1. The van der Waals surface area contributed by atoms with Crippen LogP contribution < -0.4 is 16.2 Å². The molecule has 1 atom stereocenters. The molecule has 1 unspecified atom stereocenters. The van der Waals surface area contributed by atoms with Gasteiger partial charge in [0.15, 0.2) is 0 Å². The summed E-state index contributed by atoms with van der Waals surface area (Å²) in [5.41, 5.74) is 9.27. The smallest absolute Gasteiger partial charge is 0.238 e. The zero-order valence-corrected chi connectivity index (χ0v) is 12.8. The highest BCUT2D eigenvalue weighted by Gasteiger charge is 2.12. The lowest BCUT2D eigenvalue weighted by molar-refractivity contribution is 0.598. The van der Waals surface area contributed by atoms with Crippen molar-refractivity contribution in [1.82, 2.24) is 0 Å². The Morgan fingerprint density at radius 2 is 1.81 bits per heavy atom. The maximum absolute atomic E-state index is 11.3. The first-order valence-electron chi connectivity index (χ1n) is 6.53. The summed E-state index contributed by atoms with van der Waals surface area (Å²) >= 11 is 0. The molecule has 0 amide bonds. The number of nitrogen functional groups attached to an aromatic ring is 1. The van der Waals surface area contributed by atoms with Gasteiger partial charge in [-0.15, -0.1) is 0 Å². The maximum Gasteiger partial charge on any atom is 0.238 e. The third-order valence-electron chi connectivity index (χ3n) is 3.38. The third-order valence-corrected chi connectivity index (χ3v) is 4.29. The van der Waals surface area contributed by atoms with Crippen LogP contribution in [0.15, 0.2) is 47.4 Å². The number of benzene rings is 2. The van der Waals surface area contributed by atoms with E-state index in [0.29, 0.717) is 11.4 Å². The average molecular weight is 305 g/mol. The highest BCUT2D eigenvalue weighted by Crippen LogP contribution is 2.27. The molecule has 0 aromatic heterocycles. The van der Waals surface area contributed by atoms with Crippen molar-refractivity contribution in [2.45, 2.75) is 24.8 Å². The number of sulfonamides is 1. The second-order valence-electron chi connectivity index (χ2n) is 5.02. The molecule has 0 aliphatic carbocycles. The van der Waals surface area contributed by atoms with Gasteiger partial charge in [0.2, 0.25) is 10.0 Å². The van der Waals surface area contributed by atoms with E-state index >= 15 is 0 Å². The Labute approximate surface area is 125 Å². The van der Waals surface area contributed by atoms with Crippen LogP contribution in [-0.4, -0.2) is 8.42 Å². The molecular formula is C15H19N3O2S. The molecular weight excluding hydrogens is 286 g/mol. The van der Waals surface area contributed by atoms with Gasteiger partial charge in [-0.05, 0) is 43.2 Å². The summed E-state index contributed by atoms with van der Waals surface area (Å²) in [5, 5.41) is 8.37. The largest absolute Gasteiger partial charge is 0.397 e. The van der Waals surface area contributed by atoms with Gasteiger partial charge in [-0.3, -0.25) is 0 Å². The lowest BCUT2D eigenvalue weighted by Crippen LogP contribution is -2.14. The molecule has 2 rings (SSSR count). The van der Waals surface area contributed by atoms with Gasteiger partial charge in [-0.2, -0.15) is 0 Å². The van der Waals surface area contributed by atoms with E-state index in [1.54, 1.807) is 6.07 Å². The van der Waals surface area contributed by atoms with Gasteiger partial charge in [0.25, 0.3) is 0 Å². The fraction of sp³-hybridized carbons (Fsp3) is 0.200. The quantitative estimate of drug-likeness (QED) is 0.755. The summed E-state index contributed by atoms with van der Waals surface area (Å²) in [6.45, 7) is 4.07. The van der Waals surface area contributed by atoms with Gasteiger partial charge in [-0.25, -0.2) is 13.6 Å². The van der Waals surface area contributed by atoms with Crippen LogP contribution in [0.1, 0.15) is 24.1 Å². The second-order valence-corrected chi connectivity index (χ2v) is 6.58. The van der Waals surface area contributed by atoms with Crippen molar-refractivity contribution < 1.29 is 8.42 Å². The van der Waals surface area contributed by atoms with Crippen LogP contribution in [0.2, 0.25) is 0 Å². The summed E-state index contributed by atoms with van der Waals surface area (Å²) in [4.78, 5) is 0.00842. The molecule has 0 aliphatic heterocycles. The fourth-order valence-corrected chi connectivity index (χ4v) is 2.78. The minimum atomic E-state index is -3.74. The molecule has 5 nitrogen and oxygen atoms in total. The molecule has 0 saturated carbocycles. The molecule has 5 N–H and O–H groups in total. The summed E-state index contributed by atoms with van der Waals surface area (Å²) in [7, 11) is -3.74. The molecule has 2 aromatic carbocycles. The first kappa shape index (κ1) is 15.3. The molecule has 0 spiro atoms. The zero-order valence-electron chi connectivity index (χ0n) is 12.0. The monoisotopic (exact) mass is 305 g/mol. The Hall–Kier alpha value is -2.05. The van der Waals surface area contributed by atoms with Crippen molar-refractivity contribution in [3.05, 3.63) is 53.6 Å². The minimum Gasteiger partial charge on any atom is -0.397 e. The highest BCUT2D eigenvalue weighted by molar-refractivity contribution is 7.89. The third kappa shape index (κ3) is 3.53. The normalized spacial score (nSPS) is 12.9. The van der Waals surface area contributed by atoms with Gasteiger partial charge in [0.05, 0.1) is 16.3 Å². The van der Waals surface area contributed by atoms with Crippen molar-refractivity contribution >= 4 is 21.4 Å². The molecule has 21 heavy (non-hydrogen) atoms. The van der Waals surface area contributed by atoms with E-state index < -0.39 is 10.0 Å². The maximum atomic E-state index is 11.3. The summed E-state index contributed by atoms with van der Waals surface area (Å²) < 4.78 is 22.6. The number of hydrogen-bond donors (Lipinski definition) is 3. The first-order chi connectivity index (χ1) is 9.79. The molecule has 2 aromatic rings. The lowest BCUT2D eigenvalue weighted by Gasteiger charge is -2.19. The van der Waals surface area contributed by atoms with Crippen molar-refractivity contribution in [3.8, 4) is 0 Å². The van der Waals surface area contributed by atoms with E-state index in [1.807, 2.05) is 38.1 Å². The van der Waals surface area contributed by atoms with Crippen LogP contribution in [0.4, 0.5) is 11.4 Å². The molecule has 0 bridgehead atoms. The van der Waals surface area contributed by atoms with Crippen molar-refractivity contribution in [2.24, 2.45) is 5.14 Å². The lowest BCUT2D eigenvalue weighted by atomic mass is 10.0. The van der Waals surface area contributed by atoms with Gasteiger partial charge < -0.3 is 11.1 Å². The van der Waals surface area contributed by atoms with E-state index in [-0.39, 0.29) is 10.9 Å². The number of primary sulfonamides is 1. The Kier molecular flexibility index (Phi) is 4.20. The van der Waals surface area contributed by atoms with Crippen molar-refractivity contribution in [1.29, 1.82) is 0 Å². The SMILES string of the molecule is Cc1ccccc1C(C)Nc1ccc(S(N)(=O)=O)cc1N. The van der Waals surface area contributed by atoms with Gasteiger partial charge in [0.1, 0.15) is 0 Å². The molecule has 0 aliphatic rings. The number of hydrogen-bond acceptors (Lipinski definition) is 4. The summed E-state index contributed by atoms with van der Waals surface area (Å²) in [5.74, 6) is 0. The Bertz CT molecular complexity index is 757. The van der Waals surface area contributed by atoms with E-state index in [4.69, 9.17) is 10.9 Å². The van der Waals surface area contributed by atoms with E-state index in [9.17, 15) is 8.42 Å². The van der Waals surface area contributed by atoms with Crippen molar-refractivity contribution in [3.63, 3.8) is 0 Å². The Balaban J connectivity index is 2.27. The topological polar surface area (TPSA) is 98.2 Å². The highest BCUT2D eigenvalue weighted by atomic mass is 32.2. The van der Waals surface area contributed by atoms with Crippen LogP contribution in [0, 0.1) is 6.92 Å². The average Bonchev–Trinajstić information content (AvgIpc) is 2.40. The number of anilines is 2. The molecule has 0 saturated heterocycles. The Morgan fingerprint density at radius 1 is 1.14 bits per heavy atom. The van der Waals surface area contributed by atoms with E-state index in [1.165, 1.54) is 17.7 Å². The van der Waals surface area contributed by atoms with Crippen LogP contribution in [0.3, 0.4) is 0 Å². The van der Waals surface area contributed by atoms with E-state index in [2.05, 4.69) is 5.32 Å². The number of nitrogens with two attached hydrogens (primary N) is 2. The first-order valence-corrected chi connectivity index (χ1v) is 8.08. The number of aryl methyl sites for hydroxylation is 1. The minimum absolute atomic E-state index is 0.00842. The van der Waals surface area contributed by atoms with Crippen LogP contribution in [-0.2, 0) is 10.0 Å². The van der Waals surface area contributed by atoms with Crippen LogP contribution >= 0.6 is 0 Å². The molecule has 0 heterocycles. The predicted octanol–water partition coefficient (Wildman–Crippen LogP) is 2.40. The van der Waals surface area contributed by atoms with Gasteiger partial charge >= 0.3 is 0 Å². The standard InChI is InChI=1S/C15H19N3O2S/c1-10-5-3-4-6-13(10)11(2)18-15-8-7-12(9-14(15)16)21(17,19)20/h3-9,11,18H,16H2,1-2H3,(H2,17,19,20). The van der Waals surface area contributed by atoms with Gasteiger partial charge in [0, 0.05) is 6.04 Å². The summed E-state index contributed by atoms with van der Waals surface area (Å²) in [6.07, 6.45) is 0. The molecule has 112 valence electrons. The van der Waals surface area contributed by atoms with Crippen LogP contribution in [0.25, 0.3) is 0 Å². The Morgan fingerprint density at radius 3 is 2.38 bits per heavy atom. The summed E-state index contributed by atoms with van der Waals surface area (Å²) in [6, 6.07) is 12.5. The van der Waals surface area contributed by atoms with E-state index in [0.717, 1.165) is 5.56 Å². The fourth-order valence-electron chi connectivity index (χ4n) is 2.23. The second kappa shape index (κ2) is 5.75. The van der Waals surface area contributed by atoms with Crippen molar-refractivity contribution in [2.75, 3.05) is 11.1 Å². The zero-order chi connectivity index (χ0) is 15.6. The number of rotatable bonds is 4.